The monoisotopic (exact) mass is 236 g/mol. The van der Waals surface area contributed by atoms with Crippen molar-refractivity contribution in [3.05, 3.63) is 30.3 Å². The van der Waals surface area contributed by atoms with Gasteiger partial charge in [-0.05, 0) is 37.2 Å². The van der Waals surface area contributed by atoms with Crippen molar-refractivity contribution < 1.29 is 0 Å². The maximum Gasteiger partial charge on any atom is 0.173 e. The lowest BCUT2D eigenvalue weighted by atomic mass is 10.1. The summed E-state index contributed by atoms with van der Waals surface area (Å²) in [6, 6.07) is 10.6. The van der Waals surface area contributed by atoms with Crippen LogP contribution < -0.4 is 5.32 Å². The molecule has 0 spiro atoms. The van der Waals surface area contributed by atoms with Crippen LogP contribution in [-0.4, -0.2) is 23.1 Å². The van der Waals surface area contributed by atoms with E-state index in [1.807, 2.05) is 30.3 Å². The molecule has 1 N–H and O–H groups in total. The van der Waals surface area contributed by atoms with Gasteiger partial charge >= 0.3 is 0 Å². The van der Waals surface area contributed by atoms with E-state index in [1.165, 1.54) is 0 Å². The van der Waals surface area contributed by atoms with E-state index in [0.717, 1.165) is 23.6 Å². The molecule has 1 aromatic carbocycles. The van der Waals surface area contributed by atoms with Gasteiger partial charge in [-0.3, -0.25) is 0 Å². The van der Waals surface area contributed by atoms with E-state index >= 15 is 0 Å². The normalized spacial score (nSPS) is 10.2. The molecular weight excluding hydrogens is 216 g/mol. The Morgan fingerprint density at radius 3 is 2.31 bits per heavy atom. The highest BCUT2D eigenvalue weighted by Crippen LogP contribution is 2.10. The third-order valence-corrected chi connectivity index (χ3v) is 3.23. The number of para-hydroxylation sites is 1. The van der Waals surface area contributed by atoms with Crippen LogP contribution in [0.25, 0.3) is 0 Å². The molecule has 0 aromatic heterocycles. The third kappa shape index (κ3) is 3.49. The molecule has 0 heterocycles. The van der Waals surface area contributed by atoms with E-state index in [4.69, 9.17) is 12.2 Å². The molecule has 1 rings (SSSR count). The number of nitrogens with zero attached hydrogens (tertiary/aromatic N) is 1. The lowest BCUT2D eigenvalue weighted by Gasteiger charge is -2.29. The molecule has 0 saturated heterocycles. The summed E-state index contributed by atoms with van der Waals surface area (Å²) in [5.41, 5.74) is 1.05. The van der Waals surface area contributed by atoms with Crippen molar-refractivity contribution in [1.82, 2.24) is 4.90 Å². The molecule has 0 aliphatic rings. The van der Waals surface area contributed by atoms with Crippen molar-refractivity contribution in [1.29, 1.82) is 0 Å². The van der Waals surface area contributed by atoms with E-state index in [1.54, 1.807) is 0 Å². The summed E-state index contributed by atoms with van der Waals surface area (Å²) in [7, 11) is 2.05. The van der Waals surface area contributed by atoms with Gasteiger partial charge in [-0.15, -0.1) is 0 Å². The topological polar surface area (TPSA) is 15.3 Å². The zero-order valence-corrected chi connectivity index (χ0v) is 11.1. The maximum absolute atomic E-state index is 5.38. The zero-order chi connectivity index (χ0) is 12.0. The van der Waals surface area contributed by atoms with Gasteiger partial charge in [0.15, 0.2) is 5.11 Å². The smallest absolute Gasteiger partial charge is 0.173 e. The third-order valence-electron chi connectivity index (χ3n) is 2.84. The van der Waals surface area contributed by atoms with Gasteiger partial charge < -0.3 is 10.2 Å². The highest BCUT2D eigenvalue weighted by Gasteiger charge is 2.13. The molecule has 3 heteroatoms. The summed E-state index contributed by atoms with van der Waals surface area (Å²) < 4.78 is 0. The van der Waals surface area contributed by atoms with E-state index < -0.39 is 0 Å². The van der Waals surface area contributed by atoms with Crippen molar-refractivity contribution >= 4 is 23.0 Å². The first-order valence-electron chi connectivity index (χ1n) is 5.77. The summed E-state index contributed by atoms with van der Waals surface area (Å²) in [5.74, 6) is 0. The van der Waals surface area contributed by atoms with Crippen LogP contribution in [-0.2, 0) is 0 Å². The van der Waals surface area contributed by atoms with Gasteiger partial charge in [0, 0.05) is 18.8 Å². The largest absolute Gasteiger partial charge is 0.349 e. The van der Waals surface area contributed by atoms with Gasteiger partial charge in [-0.2, -0.15) is 0 Å². The Morgan fingerprint density at radius 1 is 1.25 bits per heavy atom. The van der Waals surface area contributed by atoms with Gasteiger partial charge in [0.2, 0.25) is 0 Å². The Balaban J connectivity index is 2.58. The fourth-order valence-electron chi connectivity index (χ4n) is 1.74. The molecule has 0 aliphatic carbocycles. The number of nitrogens with one attached hydrogen (secondary N) is 1. The van der Waals surface area contributed by atoms with Crippen LogP contribution in [0.3, 0.4) is 0 Å². The molecule has 88 valence electrons. The van der Waals surface area contributed by atoms with Crippen molar-refractivity contribution in [3.63, 3.8) is 0 Å². The Hall–Kier alpha value is -1.09. The average molecular weight is 236 g/mol. The number of thiocarbonyl (C=S) groups is 1. The fourth-order valence-corrected chi connectivity index (χ4v) is 2.00. The van der Waals surface area contributed by atoms with E-state index in [2.05, 4.69) is 31.1 Å². The molecule has 0 unspecified atom stereocenters. The maximum atomic E-state index is 5.38. The number of hydrogen-bond acceptors (Lipinski definition) is 1. The quantitative estimate of drug-likeness (QED) is 0.805. The van der Waals surface area contributed by atoms with Crippen LogP contribution in [0.4, 0.5) is 5.69 Å². The lowest BCUT2D eigenvalue weighted by molar-refractivity contribution is 0.350. The van der Waals surface area contributed by atoms with Crippen LogP contribution in [0.15, 0.2) is 30.3 Å². The predicted molar refractivity (Wildman–Crippen MR) is 74.8 cm³/mol. The van der Waals surface area contributed by atoms with Crippen LogP contribution in [0.5, 0.6) is 0 Å². The Kier molecular flexibility index (Phi) is 5.26. The van der Waals surface area contributed by atoms with Crippen LogP contribution in [0.1, 0.15) is 26.7 Å². The highest BCUT2D eigenvalue weighted by atomic mass is 32.1. The number of rotatable bonds is 4. The molecule has 1 aromatic rings. The van der Waals surface area contributed by atoms with Gasteiger partial charge in [0.1, 0.15) is 0 Å². The number of hydrogen-bond donors (Lipinski definition) is 1. The first-order valence-corrected chi connectivity index (χ1v) is 6.18. The molecule has 0 fully saturated rings. The fraction of sp³-hybridized carbons (Fsp3) is 0.462. The standard InChI is InChI=1S/C13H20N2S/c1-4-12(5-2)15(3)13(16)14-11-9-7-6-8-10-11/h6-10,12H,4-5H2,1-3H3,(H,14,16). The molecule has 16 heavy (non-hydrogen) atoms. The second kappa shape index (κ2) is 6.48. The summed E-state index contributed by atoms with van der Waals surface area (Å²) >= 11 is 5.38. The average Bonchev–Trinajstić information content (AvgIpc) is 2.31. The first kappa shape index (κ1) is 13.0. The highest BCUT2D eigenvalue weighted by molar-refractivity contribution is 7.80. The van der Waals surface area contributed by atoms with Gasteiger partial charge in [0.05, 0.1) is 0 Å². The molecule has 2 nitrogen and oxygen atoms in total. The zero-order valence-electron chi connectivity index (χ0n) is 10.2. The summed E-state index contributed by atoms with van der Waals surface area (Å²) in [4.78, 5) is 2.14. The molecule has 0 saturated carbocycles. The van der Waals surface area contributed by atoms with Crippen LogP contribution >= 0.6 is 12.2 Å². The molecule has 0 radical (unpaired) electrons. The van der Waals surface area contributed by atoms with E-state index in [9.17, 15) is 0 Å². The number of benzene rings is 1. The SMILES string of the molecule is CCC(CC)N(C)C(=S)Nc1ccccc1. The van der Waals surface area contributed by atoms with Crippen molar-refractivity contribution in [2.24, 2.45) is 0 Å². The Labute approximate surface area is 104 Å². The first-order chi connectivity index (χ1) is 7.69. The molecule has 0 aliphatic heterocycles. The second-order valence-electron chi connectivity index (χ2n) is 3.88. The van der Waals surface area contributed by atoms with Crippen molar-refractivity contribution in [2.45, 2.75) is 32.7 Å². The predicted octanol–water partition coefficient (Wildman–Crippen LogP) is 3.50. The van der Waals surface area contributed by atoms with Gasteiger partial charge in [-0.1, -0.05) is 32.0 Å². The minimum Gasteiger partial charge on any atom is -0.349 e. The van der Waals surface area contributed by atoms with Crippen LogP contribution in [0, 0.1) is 0 Å². The molecule has 0 amide bonds. The van der Waals surface area contributed by atoms with Gasteiger partial charge in [0.25, 0.3) is 0 Å². The summed E-state index contributed by atoms with van der Waals surface area (Å²) in [6.45, 7) is 4.38. The summed E-state index contributed by atoms with van der Waals surface area (Å²) in [6.07, 6.45) is 2.23. The lowest BCUT2D eigenvalue weighted by Crippen LogP contribution is -2.39. The second-order valence-corrected chi connectivity index (χ2v) is 4.26. The molecular formula is C13H20N2S. The van der Waals surface area contributed by atoms with Crippen molar-refractivity contribution in [2.75, 3.05) is 12.4 Å². The Morgan fingerprint density at radius 2 is 1.81 bits per heavy atom. The minimum atomic E-state index is 0.517. The van der Waals surface area contributed by atoms with E-state index in [0.29, 0.717) is 6.04 Å². The molecule has 0 atom stereocenters. The Bertz CT molecular complexity index is 320. The summed E-state index contributed by atoms with van der Waals surface area (Å²) in [5, 5.41) is 4.04. The minimum absolute atomic E-state index is 0.517. The molecule has 0 bridgehead atoms. The van der Waals surface area contributed by atoms with Crippen molar-refractivity contribution in [3.8, 4) is 0 Å². The number of anilines is 1. The van der Waals surface area contributed by atoms with Gasteiger partial charge in [-0.25, -0.2) is 0 Å². The van der Waals surface area contributed by atoms with Crippen LogP contribution in [0.2, 0.25) is 0 Å². The van der Waals surface area contributed by atoms with E-state index in [-0.39, 0.29) is 0 Å².